The normalized spacial score (nSPS) is 10.7. The number of halogens is 1. The Morgan fingerprint density at radius 3 is 2.53 bits per heavy atom. The third kappa shape index (κ3) is 4.45. The van der Waals surface area contributed by atoms with Crippen molar-refractivity contribution in [2.45, 2.75) is 13.3 Å². The molecular formula is C21H16ClN5O2S. The van der Waals surface area contributed by atoms with Gasteiger partial charge in [-0.3, -0.25) is 14.9 Å². The summed E-state index contributed by atoms with van der Waals surface area (Å²) in [5.41, 5.74) is 2.48. The van der Waals surface area contributed by atoms with E-state index < -0.39 is 0 Å². The zero-order valence-electron chi connectivity index (χ0n) is 15.9. The van der Waals surface area contributed by atoms with Crippen LogP contribution in [0.3, 0.4) is 0 Å². The summed E-state index contributed by atoms with van der Waals surface area (Å²) in [5.74, 6) is -0.0202. The first-order valence-electron chi connectivity index (χ1n) is 9.04. The molecule has 0 unspecified atom stereocenters. The van der Waals surface area contributed by atoms with Crippen molar-refractivity contribution >= 4 is 40.0 Å². The number of hydrogen-bond donors (Lipinski definition) is 1. The van der Waals surface area contributed by atoms with Crippen molar-refractivity contribution in [3.05, 3.63) is 77.2 Å². The smallest absolute Gasteiger partial charge is 0.261 e. The first-order chi connectivity index (χ1) is 14.5. The molecule has 0 bridgehead atoms. The van der Waals surface area contributed by atoms with E-state index in [2.05, 4.69) is 19.8 Å². The molecule has 1 N–H and O–H groups in total. The Morgan fingerprint density at radius 2 is 1.83 bits per heavy atom. The summed E-state index contributed by atoms with van der Waals surface area (Å²) in [6.07, 6.45) is 1.81. The maximum absolute atomic E-state index is 13.0. The van der Waals surface area contributed by atoms with Crippen LogP contribution >= 0.6 is 23.1 Å². The van der Waals surface area contributed by atoms with Crippen LogP contribution in [0.25, 0.3) is 16.9 Å². The molecular weight excluding hydrogens is 422 g/mol. The lowest BCUT2D eigenvalue weighted by Crippen LogP contribution is -2.12. The highest BCUT2D eigenvalue weighted by molar-refractivity contribution is 7.09. The van der Waals surface area contributed by atoms with E-state index in [1.165, 1.54) is 6.92 Å². The first-order valence-corrected chi connectivity index (χ1v) is 10.2. The zero-order valence-corrected chi connectivity index (χ0v) is 17.4. The molecule has 9 heteroatoms. The quantitative estimate of drug-likeness (QED) is 0.482. The number of carbonyl (C=O) groups is 2. The Labute approximate surface area is 181 Å². The van der Waals surface area contributed by atoms with Crippen LogP contribution in [0.5, 0.6) is 0 Å². The van der Waals surface area contributed by atoms with Crippen molar-refractivity contribution in [2.24, 2.45) is 0 Å². The maximum atomic E-state index is 13.0. The number of hydrogen-bond acceptors (Lipinski definition) is 6. The minimum absolute atomic E-state index is 0.0418. The molecule has 0 aliphatic heterocycles. The van der Waals surface area contributed by atoms with Crippen LogP contribution in [0.4, 0.5) is 5.13 Å². The third-order valence-corrected chi connectivity index (χ3v) is 5.11. The molecule has 4 aromatic rings. The minimum Gasteiger partial charge on any atom is -0.300 e. The molecule has 0 atom stereocenters. The fourth-order valence-corrected chi connectivity index (χ4v) is 3.55. The molecule has 2 heterocycles. The topological polar surface area (TPSA) is 89.8 Å². The summed E-state index contributed by atoms with van der Waals surface area (Å²) in [7, 11) is 0. The number of benzene rings is 2. The zero-order chi connectivity index (χ0) is 21.1. The SMILES string of the molecule is CC(=O)Cc1nsc(NC(=O)c2cn(-c3ccccc3)nc2-c2ccc(Cl)cc2)n1. The average molecular weight is 438 g/mol. The van der Waals surface area contributed by atoms with Crippen LogP contribution in [-0.4, -0.2) is 30.8 Å². The lowest BCUT2D eigenvalue weighted by molar-refractivity contribution is -0.116. The van der Waals surface area contributed by atoms with Gasteiger partial charge in [-0.05, 0) is 31.2 Å². The molecule has 4 rings (SSSR count). The van der Waals surface area contributed by atoms with Crippen molar-refractivity contribution in [1.82, 2.24) is 19.1 Å². The molecule has 150 valence electrons. The number of amides is 1. The highest BCUT2D eigenvalue weighted by Gasteiger charge is 2.20. The number of aromatic nitrogens is 4. The van der Waals surface area contributed by atoms with Gasteiger partial charge in [0.2, 0.25) is 5.13 Å². The number of rotatable bonds is 6. The Morgan fingerprint density at radius 1 is 1.10 bits per heavy atom. The highest BCUT2D eigenvalue weighted by atomic mass is 35.5. The second-order valence-electron chi connectivity index (χ2n) is 6.53. The maximum Gasteiger partial charge on any atom is 0.261 e. The molecule has 2 aromatic heterocycles. The van der Waals surface area contributed by atoms with Crippen molar-refractivity contribution < 1.29 is 9.59 Å². The molecule has 0 saturated carbocycles. The van der Waals surface area contributed by atoms with Crippen LogP contribution < -0.4 is 5.32 Å². The summed E-state index contributed by atoms with van der Waals surface area (Å²) < 4.78 is 5.76. The molecule has 0 aliphatic rings. The van der Waals surface area contributed by atoms with Gasteiger partial charge in [0.25, 0.3) is 5.91 Å². The Kier molecular flexibility index (Phi) is 5.69. The molecule has 0 radical (unpaired) electrons. The monoisotopic (exact) mass is 437 g/mol. The Hall–Kier alpha value is -3.36. The van der Waals surface area contributed by atoms with E-state index in [0.29, 0.717) is 27.2 Å². The van der Waals surface area contributed by atoms with Crippen molar-refractivity contribution in [2.75, 3.05) is 5.32 Å². The van der Waals surface area contributed by atoms with E-state index in [9.17, 15) is 9.59 Å². The van der Waals surface area contributed by atoms with E-state index in [1.54, 1.807) is 23.0 Å². The van der Waals surface area contributed by atoms with Crippen molar-refractivity contribution in [3.63, 3.8) is 0 Å². The van der Waals surface area contributed by atoms with Crippen LogP contribution in [0.15, 0.2) is 60.8 Å². The molecule has 0 spiro atoms. The number of Topliss-reactive ketones (excluding diaryl/α,β-unsaturated/α-hetero) is 1. The summed E-state index contributed by atoms with van der Waals surface area (Å²) in [4.78, 5) is 28.5. The van der Waals surface area contributed by atoms with Crippen LogP contribution in [0.1, 0.15) is 23.1 Å². The second-order valence-corrected chi connectivity index (χ2v) is 7.72. The Balaban J connectivity index is 1.69. The van der Waals surface area contributed by atoms with Gasteiger partial charge in [-0.1, -0.05) is 41.9 Å². The number of nitrogens with zero attached hydrogens (tertiary/aromatic N) is 4. The van der Waals surface area contributed by atoms with Gasteiger partial charge < -0.3 is 0 Å². The number of para-hydroxylation sites is 1. The number of nitrogens with one attached hydrogen (secondary N) is 1. The van der Waals surface area contributed by atoms with Crippen LogP contribution in [0.2, 0.25) is 5.02 Å². The second kappa shape index (κ2) is 8.56. The average Bonchev–Trinajstić information content (AvgIpc) is 3.36. The van der Waals surface area contributed by atoms with E-state index in [-0.39, 0.29) is 18.1 Å². The first kappa shape index (κ1) is 19.9. The fraction of sp³-hybridized carbons (Fsp3) is 0.0952. The Bertz CT molecular complexity index is 1200. The molecule has 7 nitrogen and oxygen atoms in total. The van der Waals surface area contributed by atoms with Gasteiger partial charge in [0.1, 0.15) is 11.5 Å². The van der Waals surface area contributed by atoms with Crippen LogP contribution in [0, 0.1) is 0 Å². The van der Waals surface area contributed by atoms with E-state index in [4.69, 9.17) is 11.6 Å². The summed E-state index contributed by atoms with van der Waals surface area (Å²) in [6.45, 7) is 1.47. The summed E-state index contributed by atoms with van der Waals surface area (Å²) >= 11 is 7.04. The van der Waals surface area contributed by atoms with Gasteiger partial charge in [0.05, 0.1) is 17.7 Å². The molecule has 1 amide bonds. The van der Waals surface area contributed by atoms with Gasteiger partial charge >= 0.3 is 0 Å². The van der Waals surface area contributed by atoms with E-state index in [0.717, 1.165) is 22.8 Å². The number of carbonyl (C=O) groups excluding carboxylic acids is 2. The van der Waals surface area contributed by atoms with Crippen LogP contribution in [-0.2, 0) is 11.2 Å². The predicted octanol–water partition coefficient (Wildman–Crippen LogP) is 4.43. The number of anilines is 1. The molecule has 0 fully saturated rings. The van der Waals surface area contributed by atoms with Gasteiger partial charge in [-0.2, -0.15) is 9.47 Å². The minimum atomic E-state index is -0.368. The highest BCUT2D eigenvalue weighted by Crippen LogP contribution is 2.26. The van der Waals surface area contributed by atoms with Gasteiger partial charge in [-0.15, -0.1) is 0 Å². The fourth-order valence-electron chi connectivity index (χ4n) is 2.84. The molecule has 0 saturated heterocycles. The molecule has 2 aromatic carbocycles. The molecule has 0 aliphatic carbocycles. The van der Waals surface area contributed by atoms with Gasteiger partial charge in [-0.25, -0.2) is 9.67 Å². The van der Waals surface area contributed by atoms with Crippen molar-refractivity contribution in [3.8, 4) is 16.9 Å². The predicted molar refractivity (Wildman–Crippen MR) is 116 cm³/mol. The largest absolute Gasteiger partial charge is 0.300 e. The standard InChI is InChI=1S/C21H16ClN5O2S/c1-13(28)11-18-23-21(30-26-18)24-20(29)17-12-27(16-5-3-2-4-6-16)25-19(17)14-7-9-15(22)10-8-14/h2-10,12H,11H2,1H3,(H,23,24,26,29). The van der Waals surface area contributed by atoms with E-state index in [1.807, 2.05) is 42.5 Å². The van der Waals surface area contributed by atoms with Gasteiger partial charge in [0.15, 0.2) is 5.82 Å². The lowest BCUT2D eigenvalue weighted by atomic mass is 10.1. The third-order valence-electron chi connectivity index (χ3n) is 4.19. The van der Waals surface area contributed by atoms with Gasteiger partial charge in [0, 0.05) is 28.3 Å². The summed E-state index contributed by atoms with van der Waals surface area (Å²) in [5, 5.41) is 8.30. The lowest BCUT2D eigenvalue weighted by Gasteiger charge is -2.02. The number of ketones is 1. The molecule has 30 heavy (non-hydrogen) atoms. The van der Waals surface area contributed by atoms with Crippen molar-refractivity contribution in [1.29, 1.82) is 0 Å². The van der Waals surface area contributed by atoms with E-state index >= 15 is 0 Å². The summed E-state index contributed by atoms with van der Waals surface area (Å²) in [6, 6.07) is 16.6.